The maximum Gasteiger partial charge on any atom is 0.225 e. The first-order chi connectivity index (χ1) is 9.52. The van der Waals surface area contributed by atoms with Crippen LogP contribution in [0.25, 0.3) is 11.2 Å². The van der Waals surface area contributed by atoms with Crippen LogP contribution in [0.15, 0.2) is 6.33 Å². The maximum atomic E-state index is 9.98. The first-order valence-electron chi connectivity index (χ1n) is 5.71. The number of hydrogen-bond donors (Lipinski definition) is 3. The average Bonchev–Trinajstić information content (AvgIpc) is 2.93. The van der Waals surface area contributed by atoms with E-state index >= 15 is 0 Å². The van der Waals surface area contributed by atoms with Crippen molar-refractivity contribution >= 4 is 34.4 Å². The summed E-state index contributed by atoms with van der Waals surface area (Å²) in [6, 6.07) is 0. The van der Waals surface area contributed by atoms with Crippen LogP contribution in [0.2, 0.25) is 10.4 Å². The molecule has 10 heteroatoms. The third-order valence-corrected chi connectivity index (χ3v) is 3.58. The van der Waals surface area contributed by atoms with E-state index in [4.69, 9.17) is 33.0 Å². The third-order valence-electron chi connectivity index (χ3n) is 3.14. The topological polar surface area (TPSA) is 114 Å². The van der Waals surface area contributed by atoms with E-state index in [9.17, 15) is 10.2 Å². The zero-order chi connectivity index (χ0) is 14.4. The van der Waals surface area contributed by atoms with Gasteiger partial charge in [-0.05, 0) is 11.6 Å². The molecule has 108 valence electrons. The molecule has 0 amide bonds. The Kier molecular flexibility index (Phi) is 3.53. The number of rotatable bonds is 2. The second kappa shape index (κ2) is 5.06. The minimum absolute atomic E-state index is 0.0732. The molecule has 1 aliphatic rings. The fraction of sp³-hybridized carbons (Fsp3) is 0.500. The Morgan fingerprint density at radius 1 is 1.25 bits per heavy atom. The van der Waals surface area contributed by atoms with Crippen LogP contribution in [0.5, 0.6) is 0 Å². The number of fused-ring (bicyclic) bond motifs is 1. The second-order valence-electron chi connectivity index (χ2n) is 4.34. The van der Waals surface area contributed by atoms with Gasteiger partial charge in [0.05, 0.1) is 12.9 Å². The third kappa shape index (κ3) is 2.05. The molecule has 2 aromatic heterocycles. The smallest absolute Gasteiger partial charge is 0.225 e. The number of nitrogens with zero attached hydrogens (tertiary/aromatic N) is 4. The summed E-state index contributed by atoms with van der Waals surface area (Å²) < 4.78 is 6.78. The normalized spacial score (nSPS) is 30.2. The zero-order valence-electron chi connectivity index (χ0n) is 9.89. The Morgan fingerprint density at radius 3 is 2.65 bits per heavy atom. The van der Waals surface area contributed by atoms with Gasteiger partial charge < -0.3 is 20.1 Å². The lowest BCUT2D eigenvalue weighted by atomic mass is 10.1. The summed E-state index contributed by atoms with van der Waals surface area (Å²) in [7, 11) is 0. The molecule has 0 aliphatic carbocycles. The molecular weight excluding hydrogens is 311 g/mol. The molecule has 20 heavy (non-hydrogen) atoms. The van der Waals surface area contributed by atoms with Crippen molar-refractivity contribution in [3.8, 4) is 0 Å². The quantitative estimate of drug-likeness (QED) is 0.516. The number of aromatic nitrogens is 4. The fourth-order valence-corrected chi connectivity index (χ4v) is 2.57. The van der Waals surface area contributed by atoms with Crippen molar-refractivity contribution in [2.75, 3.05) is 6.61 Å². The molecule has 0 aromatic carbocycles. The molecule has 0 radical (unpaired) electrons. The summed E-state index contributed by atoms with van der Waals surface area (Å²) in [6.07, 6.45) is -2.94. The lowest BCUT2D eigenvalue weighted by Gasteiger charge is -2.16. The molecule has 4 atom stereocenters. The molecule has 1 saturated heterocycles. The number of hydrogen-bond acceptors (Lipinski definition) is 7. The molecule has 0 bridgehead atoms. The van der Waals surface area contributed by atoms with Crippen LogP contribution >= 0.6 is 23.2 Å². The van der Waals surface area contributed by atoms with Gasteiger partial charge >= 0.3 is 0 Å². The van der Waals surface area contributed by atoms with E-state index in [1.807, 2.05) is 0 Å². The van der Waals surface area contributed by atoms with E-state index in [1.165, 1.54) is 10.9 Å². The fourth-order valence-electron chi connectivity index (χ4n) is 2.15. The average molecular weight is 321 g/mol. The summed E-state index contributed by atoms with van der Waals surface area (Å²) in [6.45, 7) is -0.419. The molecule has 3 N–H and O–H groups in total. The number of imidazole rings is 1. The summed E-state index contributed by atoms with van der Waals surface area (Å²) in [5.74, 6) is 0. The Balaban J connectivity index is 2.07. The van der Waals surface area contributed by atoms with Crippen LogP contribution in [0.3, 0.4) is 0 Å². The van der Waals surface area contributed by atoms with Crippen molar-refractivity contribution in [2.24, 2.45) is 0 Å². The summed E-state index contributed by atoms with van der Waals surface area (Å²) in [4.78, 5) is 11.8. The predicted octanol–water partition coefficient (Wildman–Crippen LogP) is -0.255. The first-order valence-corrected chi connectivity index (χ1v) is 6.46. The Labute approximate surface area is 122 Å². The summed E-state index contributed by atoms with van der Waals surface area (Å²) in [5.41, 5.74) is 0.568. The summed E-state index contributed by atoms with van der Waals surface area (Å²) >= 11 is 11.6. The molecule has 3 heterocycles. The lowest BCUT2D eigenvalue weighted by molar-refractivity contribution is -0.0511. The highest BCUT2D eigenvalue weighted by Crippen LogP contribution is 2.32. The van der Waals surface area contributed by atoms with Gasteiger partial charge in [-0.1, -0.05) is 11.6 Å². The Bertz CT molecular complexity index is 651. The lowest BCUT2D eigenvalue weighted by Crippen LogP contribution is -2.33. The van der Waals surface area contributed by atoms with E-state index in [2.05, 4.69) is 15.0 Å². The number of halogens is 2. The van der Waals surface area contributed by atoms with Crippen LogP contribution in [-0.4, -0.2) is 59.8 Å². The molecule has 0 spiro atoms. The maximum absolute atomic E-state index is 9.98. The van der Waals surface area contributed by atoms with Crippen LogP contribution in [0.4, 0.5) is 0 Å². The van der Waals surface area contributed by atoms with Gasteiger partial charge in [-0.25, -0.2) is 9.97 Å². The molecule has 1 fully saturated rings. The number of aliphatic hydroxyl groups excluding tert-OH is 3. The molecule has 0 unspecified atom stereocenters. The highest BCUT2D eigenvalue weighted by molar-refractivity contribution is 6.35. The van der Waals surface area contributed by atoms with E-state index in [0.29, 0.717) is 5.52 Å². The van der Waals surface area contributed by atoms with Gasteiger partial charge in [-0.2, -0.15) is 4.98 Å². The molecule has 1 aliphatic heterocycles. The molecule has 0 saturated carbocycles. The Morgan fingerprint density at radius 2 is 2.00 bits per heavy atom. The van der Waals surface area contributed by atoms with Gasteiger partial charge in [-0.15, -0.1) is 0 Å². The van der Waals surface area contributed by atoms with E-state index in [0.717, 1.165) is 0 Å². The Hall–Kier alpha value is -1.03. The van der Waals surface area contributed by atoms with E-state index in [1.54, 1.807) is 0 Å². The van der Waals surface area contributed by atoms with Crippen LogP contribution < -0.4 is 0 Å². The van der Waals surface area contributed by atoms with Gasteiger partial charge in [0.1, 0.15) is 23.8 Å². The first kappa shape index (κ1) is 13.9. The molecule has 3 rings (SSSR count). The van der Waals surface area contributed by atoms with Gasteiger partial charge in [0.2, 0.25) is 5.28 Å². The molecule has 2 aromatic rings. The van der Waals surface area contributed by atoms with Crippen LogP contribution in [0.1, 0.15) is 6.23 Å². The SMILES string of the molecule is OC[C@H]1O[C@@H](n2cnc3c(Cl)nc(Cl)nc32)[C@H](O)[C@@H]1O. The van der Waals surface area contributed by atoms with Crippen molar-refractivity contribution in [1.82, 2.24) is 19.5 Å². The van der Waals surface area contributed by atoms with E-state index in [-0.39, 0.29) is 16.1 Å². The standard InChI is InChI=1S/C10H10Cl2N4O4/c11-7-4-8(15-10(12)14-7)16(2-13-4)9-6(19)5(18)3(1-17)20-9/h2-3,5-6,9,17-19H,1H2/t3-,5-,6-,9-/m1/s1. The second-order valence-corrected chi connectivity index (χ2v) is 5.03. The van der Waals surface area contributed by atoms with Crippen LogP contribution in [-0.2, 0) is 4.74 Å². The van der Waals surface area contributed by atoms with Gasteiger partial charge in [0.15, 0.2) is 17.0 Å². The minimum atomic E-state index is -1.24. The predicted molar refractivity (Wildman–Crippen MR) is 68.4 cm³/mol. The van der Waals surface area contributed by atoms with E-state index < -0.39 is 31.1 Å². The highest BCUT2D eigenvalue weighted by atomic mass is 35.5. The molecular formula is C10H10Cl2N4O4. The monoisotopic (exact) mass is 320 g/mol. The van der Waals surface area contributed by atoms with Gasteiger partial charge in [-0.3, -0.25) is 4.57 Å². The number of aliphatic hydroxyl groups is 3. The number of ether oxygens (including phenoxy) is 1. The van der Waals surface area contributed by atoms with Crippen molar-refractivity contribution in [3.63, 3.8) is 0 Å². The van der Waals surface area contributed by atoms with Crippen molar-refractivity contribution in [3.05, 3.63) is 16.8 Å². The van der Waals surface area contributed by atoms with Crippen molar-refractivity contribution in [2.45, 2.75) is 24.5 Å². The van der Waals surface area contributed by atoms with Crippen molar-refractivity contribution in [1.29, 1.82) is 0 Å². The van der Waals surface area contributed by atoms with Gasteiger partial charge in [0, 0.05) is 0 Å². The highest BCUT2D eigenvalue weighted by Gasteiger charge is 2.44. The van der Waals surface area contributed by atoms with Crippen molar-refractivity contribution < 1.29 is 20.1 Å². The summed E-state index contributed by atoms with van der Waals surface area (Å²) in [5, 5.41) is 28.8. The van der Waals surface area contributed by atoms with Crippen LogP contribution in [0, 0.1) is 0 Å². The largest absolute Gasteiger partial charge is 0.394 e. The zero-order valence-corrected chi connectivity index (χ0v) is 11.4. The van der Waals surface area contributed by atoms with Gasteiger partial charge in [0.25, 0.3) is 0 Å². The molecule has 8 nitrogen and oxygen atoms in total. The minimum Gasteiger partial charge on any atom is -0.394 e.